The maximum absolute atomic E-state index is 13.9. The van der Waals surface area contributed by atoms with Crippen molar-refractivity contribution in [2.45, 2.75) is 38.5 Å². The van der Waals surface area contributed by atoms with Crippen molar-refractivity contribution in [3.8, 4) is 0 Å². The molecule has 1 spiro atoms. The quantitative estimate of drug-likeness (QED) is 0.576. The second-order valence-electron chi connectivity index (χ2n) is 8.77. The van der Waals surface area contributed by atoms with Crippen molar-refractivity contribution in [1.82, 2.24) is 0 Å². The van der Waals surface area contributed by atoms with Gasteiger partial charge in [0.1, 0.15) is 16.8 Å². The first-order valence-corrected chi connectivity index (χ1v) is 12.1. The molecule has 1 amide bonds. The molecule has 1 atom stereocenters. The van der Waals surface area contributed by atoms with Crippen LogP contribution in [0.2, 0.25) is 10.0 Å². The number of carbonyl (C=O) groups excluding carboxylic acids is 3. The fraction of sp³-hybridized carbons (Fsp3) is 0.269. The molecular weight excluding hydrogens is 489 g/mol. The highest BCUT2D eigenvalue weighted by Gasteiger charge is 2.62. The first-order chi connectivity index (χ1) is 16.7. The van der Waals surface area contributed by atoms with E-state index in [1.807, 2.05) is 19.1 Å². The smallest absolute Gasteiger partial charge is 0.339 e. The molecule has 7 nitrogen and oxygen atoms in total. The Morgan fingerprint density at radius 2 is 1.91 bits per heavy atom. The lowest BCUT2D eigenvalue weighted by molar-refractivity contribution is -0.140. The summed E-state index contributed by atoms with van der Waals surface area (Å²) in [6, 6.07) is 10.4. The van der Waals surface area contributed by atoms with Crippen LogP contribution < -0.4 is 16.0 Å². The van der Waals surface area contributed by atoms with Crippen LogP contribution in [0.5, 0.6) is 0 Å². The number of nitrogens with one attached hydrogen (secondary N) is 1. The molecule has 2 aromatic rings. The van der Waals surface area contributed by atoms with Crippen molar-refractivity contribution < 1.29 is 19.1 Å². The predicted molar refractivity (Wildman–Crippen MR) is 134 cm³/mol. The second-order valence-corrected chi connectivity index (χ2v) is 9.58. The number of fused-ring (bicyclic) bond motifs is 3. The number of hydrogen-bond acceptors (Lipinski definition) is 6. The summed E-state index contributed by atoms with van der Waals surface area (Å²) in [6.07, 6.45) is 1.31. The summed E-state index contributed by atoms with van der Waals surface area (Å²) in [5.41, 5.74) is 8.21. The number of halogens is 2. The topological polar surface area (TPSA) is 102 Å². The number of rotatable bonds is 3. The molecule has 3 N–H and O–H groups in total. The second kappa shape index (κ2) is 8.43. The Hall–Kier alpha value is -3.29. The largest absolute Gasteiger partial charge is 0.462 e. The molecule has 2 aromatic carbocycles. The number of nitrogens with zero attached hydrogens (tertiary/aromatic N) is 1. The minimum Gasteiger partial charge on any atom is -0.462 e. The molecule has 0 aromatic heterocycles. The number of benzene rings is 2. The summed E-state index contributed by atoms with van der Waals surface area (Å²) >= 11 is 12.4. The number of esters is 1. The number of ketones is 1. The van der Waals surface area contributed by atoms with Crippen molar-refractivity contribution in [3.05, 3.63) is 80.2 Å². The number of allylic oxidation sites excluding steroid dienone is 1. The Morgan fingerprint density at radius 3 is 2.63 bits per heavy atom. The highest BCUT2D eigenvalue weighted by molar-refractivity contribution is 6.42. The van der Waals surface area contributed by atoms with Crippen LogP contribution in [0, 0.1) is 6.92 Å². The van der Waals surface area contributed by atoms with E-state index in [0.717, 1.165) is 5.56 Å². The molecule has 2 aliphatic heterocycles. The molecule has 1 unspecified atom stereocenters. The number of aryl methyl sites for hydroxylation is 1. The Labute approximate surface area is 212 Å². The van der Waals surface area contributed by atoms with Crippen molar-refractivity contribution in [2.75, 3.05) is 16.8 Å². The summed E-state index contributed by atoms with van der Waals surface area (Å²) in [4.78, 5) is 42.7. The summed E-state index contributed by atoms with van der Waals surface area (Å²) in [7, 11) is 0. The van der Waals surface area contributed by atoms with E-state index in [9.17, 15) is 14.4 Å². The number of hydrogen-bond donors (Lipinski definition) is 2. The lowest BCUT2D eigenvalue weighted by atomic mass is 9.63. The Morgan fingerprint density at radius 1 is 1.14 bits per heavy atom. The van der Waals surface area contributed by atoms with Crippen LogP contribution in [0.15, 0.2) is 59.1 Å². The highest BCUT2D eigenvalue weighted by atomic mass is 35.5. The monoisotopic (exact) mass is 511 g/mol. The SMILES string of the molecule is CCOC(=O)C1=C(N)N(c2ccc(Cl)c(Cl)c2)C2=C(C(=O)CCC2)C12C(=O)Nc1ccc(C)cc12. The van der Waals surface area contributed by atoms with Gasteiger partial charge in [0.2, 0.25) is 5.91 Å². The maximum Gasteiger partial charge on any atom is 0.339 e. The Balaban J connectivity index is 1.90. The Bertz CT molecular complexity index is 1380. The molecule has 9 heteroatoms. The lowest BCUT2D eigenvalue weighted by Gasteiger charge is -2.44. The molecule has 1 aliphatic carbocycles. The number of amides is 1. The van der Waals surface area contributed by atoms with E-state index in [2.05, 4.69) is 5.32 Å². The third-order valence-electron chi connectivity index (χ3n) is 6.71. The van der Waals surface area contributed by atoms with E-state index in [0.29, 0.717) is 45.5 Å². The molecule has 35 heavy (non-hydrogen) atoms. The van der Waals surface area contributed by atoms with E-state index in [1.54, 1.807) is 36.1 Å². The summed E-state index contributed by atoms with van der Waals surface area (Å²) in [5.74, 6) is -1.46. The first-order valence-electron chi connectivity index (χ1n) is 11.3. The van der Waals surface area contributed by atoms with Crippen molar-refractivity contribution >= 4 is 52.2 Å². The van der Waals surface area contributed by atoms with Crippen LogP contribution in [-0.2, 0) is 24.5 Å². The molecule has 3 aliphatic rings. The first kappa shape index (κ1) is 23.5. The Kier molecular flexibility index (Phi) is 5.65. The minimum absolute atomic E-state index is 0.0137. The molecule has 2 heterocycles. The van der Waals surface area contributed by atoms with E-state index < -0.39 is 17.3 Å². The standard InChI is InChI=1S/C26H23Cl2N3O4/c1-3-35-24(33)22-23(29)31(14-8-9-16(27)17(28)12-14)19-5-4-6-20(32)21(19)26(22)15-11-13(2)7-10-18(15)30-25(26)34/h7-12H,3-6,29H2,1-2H3,(H,30,34). The summed E-state index contributed by atoms with van der Waals surface area (Å²) in [5, 5.41) is 3.52. The van der Waals surface area contributed by atoms with Crippen LogP contribution in [0.1, 0.15) is 37.3 Å². The number of ether oxygens (including phenoxy) is 1. The molecule has 5 rings (SSSR count). The maximum atomic E-state index is 13.9. The zero-order chi connectivity index (χ0) is 25.1. The van der Waals surface area contributed by atoms with Gasteiger partial charge in [0.05, 0.1) is 16.7 Å². The zero-order valence-electron chi connectivity index (χ0n) is 19.2. The molecule has 0 fully saturated rings. The molecule has 0 bridgehead atoms. The van der Waals surface area contributed by atoms with E-state index in [1.165, 1.54) is 0 Å². The van der Waals surface area contributed by atoms with Gasteiger partial charge >= 0.3 is 5.97 Å². The van der Waals surface area contributed by atoms with Gasteiger partial charge in [0, 0.05) is 34.6 Å². The zero-order valence-corrected chi connectivity index (χ0v) is 20.7. The third-order valence-corrected chi connectivity index (χ3v) is 7.45. The number of nitrogens with two attached hydrogens (primary N) is 1. The van der Waals surface area contributed by atoms with E-state index >= 15 is 0 Å². The number of anilines is 2. The van der Waals surface area contributed by atoms with Gasteiger partial charge in [0.25, 0.3) is 0 Å². The molecule has 0 saturated heterocycles. The predicted octanol–water partition coefficient (Wildman–Crippen LogP) is 4.75. The fourth-order valence-electron chi connectivity index (χ4n) is 5.34. The molecule has 0 radical (unpaired) electrons. The van der Waals surface area contributed by atoms with Crippen molar-refractivity contribution in [3.63, 3.8) is 0 Å². The highest BCUT2D eigenvalue weighted by Crippen LogP contribution is 2.55. The van der Waals surface area contributed by atoms with E-state index in [-0.39, 0.29) is 35.8 Å². The third kappa shape index (κ3) is 3.29. The summed E-state index contributed by atoms with van der Waals surface area (Å²) < 4.78 is 5.41. The molecule has 180 valence electrons. The van der Waals surface area contributed by atoms with Crippen LogP contribution in [0.25, 0.3) is 0 Å². The molecular formula is C26H23Cl2N3O4. The average Bonchev–Trinajstić information content (AvgIpc) is 3.08. The van der Waals surface area contributed by atoms with Crippen molar-refractivity contribution in [1.29, 1.82) is 0 Å². The normalized spacial score (nSPS) is 21.3. The number of Topliss-reactive ketones (excluding diaryl/α,β-unsaturated/α-hetero) is 1. The average molecular weight is 512 g/mol. The van der Waals surface area contributed by atoms with Gasteiger partial charge in [-0.05, 0) is 51.0 Å². The van der Waals surface area contributed by atoms with Crippen LogP contribution >= 0.6 is 23.2 Å². The van der Waals surface area contributed by atoms with Gasteiger partial charge in [-0.2, -0.15) is 0 Å². The summed E-state index contributed by atoms with van der Waals surface area (Å²) in [6.45, 7) is 3.63. The van der Waals surface area contributed by atoms with Gasteiger partial charge < -0.3 is 15.8 Å². The van der Waals surface area contributed by atoms with Gasteiger partial charge in [-0.25, -0.2) is 4.79 Å². The fourth-order valence-corrected chi connectivity index (χ4v) is 5.64. The lowest BCUT2D eigenvalue weighted by Crippen LogP contribution is -2.53. The minimum atomic E-state index is -1.71. The van der Waals surface area contributed by atoms with Gasteiger partial charge in [-0.3, -0.25) is 14.5 Å². The number of carbonyl (C=O) groups is 3. The van der Waals surface area contributed by atoms with Gasteiger partial charge in [-0.1, -0.05) is 40.9 Å². The van der Waals surface area contributed by atoms with Crippen LogP contribution in [0.3, 0.4) is 0 Å². The van der Waals surface area contributed by atoms with Crippen LogP contribution in [-0.4, -0.2) is 24.3 Å². The molecule has 0 saturated carbocycles. The van der Waals surface area contributed by atoms with Gasteiger partial charge in [-0.15, -0.1) is 0 Å². The van der Waals surface area contributed by atoms with Crippen molar-refractivity contribution in [2.24, 2.45) is 5.73 Å². The van der Waals surface area contributed by atoms with Gasteiger partial charge in [0.15, 0.2) is 5.78 Å². The van der Waals surface area contributed by atoms with E-state index in [4.69, 9.17) is 33.7 Å². The van der Waals surface area contributed by atoms with Crippen LogP contribution in [0.4, 0.5) is 11.4 Å².